The summed E-state index contributed by atoms with van der Waals surface area (Å²) in [6.45, 7) is 1.78. The first kappa shape index (κ1) is 20.7. The van der Waals surface area contributed by atoms with E-state index in [1.807, 2.05) is 6.07 Å². The smallest absolute Gasteiger partial charge is 0.266 e. The normalized spacial score (nSPS) is 12.8. The summed E-state index contributed by atoms with van der Waals surface area (Å²) in [7, 11) is -1.54. The molecule has 0 aliphatic heterocycles. The summed E-state index contributed by atoms with van der Waals surface area (Å²) in [5.74, 6) is -0.453. The van der Waals surface area contributed by atoms with Crippen molar-refractivity contribution in [3.63, 3.8) is 0 Å². The number of carbonyl (C=O) groups excluding carboxylic acids is 1. The molecule has 9 heteroatoms. The van der Waals surface area contributed by atoms with Gasteiger partial charge in [-0.15, -0.1) is 0 Å². The molecule has 0 radical (unpaired) electrons. The van der Waals surface area contributed by atoms with Crippen LogP contribution in [0.15, 0.2) is 47.4 Å². The molecule has 2 rings (SSSR count). The number of hydroxylamine groups is 1. The van der Waals surface area contributed by atoms with Crippen LogP contribution < -0.4 is 5.32 Å². The van der Waals surface area contributed by atoms with Gasteiger partial charge in [-0.05, 0) is 36.8 Å². The Morgan fingerprint density at radius 3 is 2.42 bits per heavy atom. The minimum Gasteiger partial charge on any atom is -0.345 e. The molecule has 0 aliphatic rings. The fourth-order valence-corrected chi connectivity index (χ4v) is 4.04. The molecule has 1 amide bonds. The van der Waals surface area contributed by atoms with E-state index in [1.54, 1.807) is 25.1 Å². The van der Waals surface area contributed by atoms with Crippen molar-refractivity contribution in [1.82, 2.24) is 9.79 Å². The van der Waals surface area contributed by atoms with E-state index >= 15 is 0 Å². The maximum absolute atomic E-state index is 12.5. The van der Waals surface area contributed by atoms with E-state index in [2.05, 4.69) is 5.32 Å². The van der Waals surface area contributed by atoms with Crippen LogP contribution in [0.4, 0.5) is 0 Å². The molecule has 0 fully saturated rings. The Morgan fingerprint density at radius 2 is 1.81 bits per heavy atom. The summed E-state index contributed by atoms with van der Waals surface area (Å²) in [6.07, 6.45) is 0. The van der Waals surface area contributed by atoms with E-state index in [1.165, 1.54) is 32.4 Å². The van der Waals surface area contributed by atoms with Crippen molar-refractivity contribution >= 4 is 39.1 Å². The lowest BCUT2D eigenvalue weighted by Gasteiger charge is -2.18. The second-order valence-corrected chi connectivity index (χ2v) is 8.18. The van der Waals surface area contributed by atoms with Gasteiger partial charge in [0, 0.05) is 17.6 Å². The Hall–Kier alpha value is -1.64. The lowest BCUT2D eigenvalue weighted by atomic mass is 10.1. The van der Waals surface area contributed by atoms with Crippen LogP contribution in [-0.4, -0.2) is 33.0 Å². The highest BCUT2D eigenvalue weighted by atomic mass is 35.5. The van der Waals surface area contributed by atoms with Gasteiger partial charge in [0.1, 0.15) is 4.90 Å². The molecular weight excluding hydrogens is 399 g/mol. The molecule has 0 saturated carbocycles. The quantitative estimate of drug-likeness (QED) is 0.728. The highest BCUT2D eigenvalue weighted by Gasteiger charge is 2.25. The molecule has 0 aromatic heterocycles. The van der Waals surface area contributed by atoms with Gasteiger partial charge >= 0.3 is 0 Å². The Bertz CT molecular complexity index is 919. The molecule has 0 saturated heterocycles. The maximum atomic E-state index is 12.5. The van der Waals surface area contributed by atoms with Crippen molar-refractivity contribution in [1.29, 1.82) is 0 Å². The van der Waals surface area contributed by atoms with Crippen molar-refractivity contribution in [2.24, 2.45) is 0 Å². The second-order valence-electron chi connectivity index (χ2n) is 5.46. The zero-order valence-corrected chi connectivity index (χ0v) is 16.7. The number of amides is 1. The summed E-state index contributed by atoms with van der Waals surface area (Å²) in [4.78, 5) is 17.0. The summed E-state index contributed by atoms with van der Waals surface area (Å²) >= 11 is 12.1. The minimum absolute atomic E-state index is 0.00963. The van der Waals surface area contributed by atoms with Crippen molar-refractivity contribution in [2.45, 2.75) is 17.9 Å². The topological polar surface area (TPSA) is 75.7 Å². The van der Waals surface area contributed by atoms with Crippen molar-refractivity contribution in [3.8, 4) is 0 Å². The molecule has 0 spiro atoms. The van der Waals surface area contributed by atoms with Crippen LogP contribution in [0.5, 0.6) is 0 Å². The second kappa shape index (κ2) is 8.37. The first-order valence-corrected chi connectivity index (χ1v) is 9.76. The van der Waals surface area contributed by atoms with Gasteiger partial charge in [0.15, 0.2) is 0 Å². The molecule has 140 valence electrons. The molecule has 1 unspecified atom stereocenters. The number of benzene rings is 2. The number of nitrogens with one attached hydrogen (secondary N) is 1. The van der Waals surface area contributed by atoms with Gasteiger partial charge in [-0.1, -0.05) is 45.9 Å². The highest BCUT2D eigenvalue weighted by Crippen LogP contribution is 2.26. The summed E-state index contributed by atoms with van der Waals surface area (Å²) < 4.78 is 25.5. The average molecular weight is 417 g/mol. The van der Waals surface area contributed by atoms with E-state index < -0.39 is 15.9 Å². The van der Waals surface area contributed by atoms with Crippen LogP contribution in [0.3, 0.4) is 0 Å². The number of rotatable bonds is 6. The first-order chi connectivity index (χ1) is 12.2. The molecule has 0 aliphatic carbocycles. The Labute approximate surface area is 162 Å². The number of hydrogen-bond acceptors (Lipinski definition) is 4. The number of nitrogens with zero attached hydrogens (tertiary/aromatic N) is 1. The van der Waals surface area contributed by atoms with Gasteiger partial charge in [0.05, 0.1) is 18.2 Å². The van der Waals surface area contributed by atoms with Crippen LogP contribution in [0.1, 0.15) is 28.9 Å². The van der Waals surface area contributed by atoms with Gasteiger partial charge in [0.25, 0.3) is 15.9 Å². The van der Waals surface area contributed by atoms with E-state index in [4.69, 9.17) is 28.0 Å². The van der Waals surface area contributed by atoms with Crippen LogP contribution in [-0.2, 0) is 14.9 Å². The first-order valence-electron chi connectivity index (χ1n) is 7.56. The predicted molar refractivity (Wildman–Crippen MR) is 101 cm³/mol. The third kappa shape index (κ3) is 4.36. The van der Waals surface area contributed by atoms with Crippen LogP contribution in [0.25, 0.3) is 0 Å². The zero-order chi connectivity index (χ0) is 19.5. The van der Waals surface area contributed by atoms with E-state index in [0.717, 1.165) is 5.56 Å². The van der Waals surface area contributed by atoms with Crippen LogP contribution >= 0.6 is 23.2 Å². The Balaban J connectivity index is 2.31. The largest absolute Gasteiger partial charge is 0.345 e. The lowest BCUT2D eigenvalue weighted by molar-refractivity contribution is -0.0258. The number of sulfonamides is 1. The Morgan fingerprint density at radius 1 is 1.15 bits per heavy atom. The van der Waals surface area contributed by atoms with Crippen molar-refractivity contribution < 1.29 is 18.0 Å². The monoisotopic (exact) mass is 416 g/mol. The molecule has 2 aromatic rings. The van der Waals surface area contributed by atoms with Crippen molar-refractivity contribution in [2.75, 3.05) is 14.2 Å². The summed E-state index contributed by atoms with van der Waals surface area (Å²) in [6, 6.07) is 10.8. The number of hydrogen-bond donors (Lipinski definition) is 1. The zero-order valence-electron chi connectivity index (χ0n) is 14.4. The fourth-order valence-electron chi connectivity index (χ4n) is 2.26. The Kier molecular flexibility index (Phi) is 6.65. The molecule has 26 heavy (non-hydrogen) atoms. The van der Waals surface area contributed by atoms with Crippen molar-refractivity contribution in [3.05, 3.63) is 63.6 Å². The van der Waals surface area contributed by atoms with Gasteiger partial charge in [0.2, 0.25) is 0 Å². The summed E-state index contributed by atoms with van der Waals surface area (Å²) in [5, 5.41) is 3.31. The van der Waals surface area contributed by atoms with E-state index in [-0.39, 0.29) is 21.5 Å². The number of halogens is 2. The SMILES string of the molecule is CON(C)S(=O)(=O)c1cc(C(=O)NC(C)c2ccccc2Cl)ccc1Cl. The predicted octanol–water partition coefficient (Wildman–Crippen LogP) is 3.67. The third-order valence-corrected chi connectivity index (χ3v) is 6.29. The molecular formula is C17H18Cl2N2O4S. The lowest BCUT2D eigenvalue weighted by Crippen LogP contribution is -2.28. The average Bonchev–Trinajstić information content (AvgIpc) is 2.61. The molecule has 1 N–H and O–H groups in total. The summed E-state index contributed by atoms with van der Waals surface area (Å²) in [5.41, 5.74) is 0.903. The van der Waals surface area contributed by atoms with Gasteiger partial charge in [-0.2, -0.15) is 0 Å². The number of carbonyl (C=O) groups is 1. The molecule has 6 nitrogen and oxygen atoms in total. The van der Waals surface area contributed by atoms with Crippen LogP contribution in [0, 0.1) is 0 Å². The molecule has 1 atom stereocenters. The fraction of sp³-hybridized carbons (Fsp3) is 0.235. The highest BCUT2D eigenvalue weighted by molar-refractivity contribution is 7.89. The van der Waals surface area contributed by atoms with Gasteiger partial charge in [-0.25, -0.2) is 8.42 Å². The van der Waals surface area contributed by atoms with Gasteiger partial charge < -0.3 is 5.32 Å². The molecule has 0 bridgehead atoms. The van der Waals surface area contributed by atoms with Gasteiger partial charge in [-0.3, -0.25) is 9.63 Å². The minimum atomic E-state index is -3.99. The molecule has 0 heterocycles. The standard InChI is InChI=1S/C17H18Cl2N2O4S/c1-11(13-6-4-5-7-14(13)18)20-17(22)12-8-9-15(19)16(10-12)26(23,24)21(2)25-3/h4-11H,1-3H3,(H,20,22). The van der Waals surface area contributed by atoms with E-state index in [0.29, 0.717) is 9.49 Å². The maximum Gasteiger partial charge on any atom is 0.266 e. The third-order valence-electron chi connectivity index (χ3n) is 3.79. The molecule has 2 aromatic carbocycles. The van der Waals surface area contributed by atoms with E-state index in [9.17, 15) is 13.2 Å². The van der Waals surface area contributed by atoms with Crippen LogP contribution in [0.2, 0.25) is 10.0 Å².